The predicted octanol–water partition coefficient (Wildman–Crippen LogP) is -0.0686. The van der Waals surface area contributed by atoms with Gasteiger partial charge in [0.1, 0.15) is 6.04 Å². The molecule has 0 aliphatic heterocycles. The maximum absolute atomic E-state index is 11.5. The van der Waals surface area contributed by atoms with Crippen LogP contribution in [-0.4, -0.2) is 32.8 Å². The predicted molar refractivity (Wildman–Crippen MR) is 52.5 cm³/mol. The Hall–Kier alpha value is -1.85. The Bertz CT molecular complexity index is 397. The Labute approximate surface area is 86.9 Å². The summed E-state index contributed by atoms with van der Waals surface area (Å²) >= 11 is 0. The lowest BCUT2D eigenvalue weighted by molar-refractivity contribution is -0.138. The van der Waals surface area contributed by atoms with E-state index in [1.54, 1.807) is 20.2 Å². The van der Waals surface area contributed by atoms with Crippen LogP contribution in [0.1, 0.15) is 23.0 Å². The van der Waals surface area contributed by atoms with E-state index in [4.69, 9.17) is 5.11 Å². The van der Waals surface area contributed by atoms with Crippen LogP contribution in [0.15, 0.2) is 6.20 Å². The summed E-state index contributed by atoms with van der Waals surface area (Å²) in [6.45, 7) is 3.14. The van der Waals surface area contributed by atoms with Gasteiger partial charge in [0, 0.05) is 18.8 Å². The molecule has 2 N–H and O–H groups in total. The van der Waals surface area contributed by atoms with E-state index in [9.17, 15) is 9.59 Å². The number of rotatable bonds is 3. The number of carboxylic acid groups (broad SMARTS) is 1. The average Bonchev–Trinajstić information content (AvgIpc) is 2.44. The minimum atomic E-state index is -1.07. The number of aliphatic carboxylic acids is 1. The van der Waals surface area contributed by atoms with Gasteiger partial charge in [-0.05, 0) is 13.8 Å². The average molecular weight is 211 g/mol. The first-order valence-electron chi connectivity index (χ1n) is 4.45. The molecule has 1 heterocycles. The summed E-state index contributed by atoms with van der Waals surface area (Å²) in [6.07, 6.45) is 1.69. The molecule has 0 radical (unpaired) electrons. The lowest BCUT2D eigenvalue weighted by atomic mass is 10.2. The van der Waals surface area contributed by atoms with E-state index >= 15 is 0 Å². The second-order valence-electron chi connectivity index (χ2n) is 3.37. The molecule has 6 nitrogen and oxygen atoms in total. The van der Waals surface area contributed by atoms with Crippen molar-refractivity contribution in [3.05, 3.63) is 17.5 Å². The molecule has 0 aromatic carbocycles. The number of aryl methyl sites for hydroxylation is 2. The van der Waals surface area contributed by atoms with E-state index in [2.05, 4.69) is 10.4 Å². The van der Waals surface area contributed by atoms with Crippen LogP contribution in [0.5, 0.6) is 0 Å². The van der Waals surface area contributed by atoms with Crippen molar-refractivity contribution in [1.29, 1.82) is 0 Å². The van der Waals surface area contributed by atoms with Crippen LogP contribution >= 0.6 is 0 Å². The van der Waals surface area contributed by atoms with Crippen LogP contribution in [0, 0.1) is 6.92 Å². The zero-order valence-electron chi connectivity index (χ0n) is 8.81. The van der Waals surface area contributed by atoms with Crippen molar-refractivity contribution >= 4 is 11.9 Å². The van der Waals surface area contributed by atoms with Gasteiger partial charge in [-0.3, -0.25) is 14.3 Å². The third-order valence-corrected chi connectivity index (χ3v) is 1.94. The Kier molecular flexibility index (Phi) is 3.08. The fraction of sp³-hybridized carbons (Fsp3) is 0.444. The van der Waals surface area contributed by atoms with Crippen LogP contribution in [0.3, 0.4) is 0 Å². The van der Waals surface area contributed by atoms with E-state index < -0.39 is 17.9 Å². The third kappa shape index (κ3) is 2.55. The number of hydrogen-bond donors (Lipinski definition) is 2. The standard InChI is InChI=1S/C9H13N3O3/c1-5-4-12(3)11-7(5)8(13)10-6(2)9(14)15/h4,6H,1-3H3,(H,10,13)(H,14,15)/t6-/m0/s1. The number of amides is 1. The van der Waals surface area contributed by atoms with Gasteiger partial charge in [-0.2, -0.15) is 5.10 Å². The van der Waals surface area contributed by atoms with Gasteiger partial charge in [0.05, 0.1) is 0 Å². The molecule has 0 fully saturated rings. The van der Waals surface area contributed by atoms with Crippen molar-refractivity contribution < 1.29 is 14.7 Å². The highest BCUT2D eigenvalue weighted by Gasteiger charge is 2.18. The summed E-state index contributed by atoms with van der Waals surface area (Å²) in [6, 6.07) is -0.918. The molecular formula is C9H13N3O3. The summed E-state index contributed by atoms with van der Waals surface area (Å²) in [5.74, 6) is -1.54. The number of carbonyl (C=O) groups is 2. The summed E-state index contributed by atoms with van der Waals surface area (Å²) in [5.41, 5.74) is 0.971. The molecule has 0 unspecified atom stereocenters. The van der Waals surface area contributed by atoms with Gasteiger partial charge >= 0.3 is 5.97 Å². The second-order valence-corrected chi connectivity index (χ2v) is 3.37. The molecule has 0 aliphatic rings. The fourth-order valence-corrected chi connectivity index (χ4v) is 1.16. The zero-order chi connectivity index (χ0) is 11.6. The minimum absolute atomic E-state index is 0.255. The Balaban J connectivity index is 2.77. The van der Waals surface area contributed by atoms with Crippen LogP contribution in [0.4, 0.5) is 0 Å². The molecule has 6 heteroatoms. The monoisotopic (exact) mass is 211 g/mol. The van der Waals surface area contributed by atoms with Crippen LogP contribution in [-0.2, 0) is 11.8 Å². The van der Waals surface area contributed by atoms with Crippen molar-refractivity contribution in [3.63, 3.8) is 0 Å². The highest BCUT2D eigenvalue weighted by atomic mass is 16.4. The molecule has 0 saturated carbocycles. The summed E-state index contributed by atoms with van der Waals surface area (Å²) in [7, 11) is 1.70. The van der Waals surface area contributed by atoms with Crippen LogP contribution in [0.2, 0.25) is 0 Å². The van der Waals surface area contributed by atoms with E-state index in [0.29, 0.717) is 5.56 Å². The van der Waals surface area contributed by atoms with E-state index in [1.165, 1.54) is 11.6 Å². The first-order valence-corrected chi connectivity index (χ1v) is 4.45. The SMILES string of the molecule is Cc1cn(C)nc1C(=O)N[C@@H](C)C(=O)O. The molecular weight excluding hydrogens is 198 g/mol. The molecule has 1 aromatic heterocycles. The molecule has 1 rings (SSSR count). The Morgan fingerprint density at radius 2 is 2.20 bits per heavy atom. The van der Waals surface area contributed by atoms with Crippen LogP contribution < -0.4 is 5.32 Å². The lowest BCUT2D eigenvalue weighted by Gasteiger charge is -2.07. The Morgan fingerprint density at radius 3 is 2.60 bits per heavy atom. The largest absolute Gasteiger partial charge is 0.480 e. The summed E-state index contributed by atoms with van der Waals surface area (Å²) in [4.78, 5) is 22.1. The van der Waals surface area contributed by atoms with Gasteiger partial charge in [-0.15, -0.1) is 0 Å². The van der Waals surface area contributed by atoms with E-state index in [1.807, 2.05) is 0 Å². The highest BCUT2D eigenvalue weighted by Crippen LogP contribution is 2.04. The number of hydrogen-bond acceptors (Lipinski definition) is 3. The van der Waals surface area contributed by atoms with Crippen molar-refractivity contribution in [1.82, 2.24) is 15.1 Å². The fourth-order valence-electron chi connectivity index (χ4n) is 1.16. The quantitative estimate of drug-likeness (QED) is 0.733. The Morgan fingerprint density at radius 1 is 1.60 bits per heavy atom. The van der Waals surface area contributed by atoms with Crippen molar-refractivity contribution in [2.45, 2.75) is 19.9 Å². The maximum atomic E-state index is 11.5. The molecule has 1 amide bonds. The maximum Gasteiger partial charge on any atom is 0.325 e. The molecule has 0 aliphatic carbocycles. The smallest absolute Gasteiger partial charge is 0.325 e. The molecule has 82 valence electrons. The summed E-state index contributed by atoms with van der Waals surface area (Å²) in [5, 5.41) is 14.9. The molecule has 0 spiro atoms. The number of carbonyl (C=O) groups excluding carboxylic acids is 1. The van der Waals surface area contributed by atoms with Gasteiger partial charge in [-0.1, -0.05) is 0 Å². The van der Waals surface area contributed by atoms with E-state index in [-0.39, 0.29) is 5.69 Å². The molecule has 0 saturated heterocycles. The number of nitrogens with zero attached hydrogens (tertiary/aromatic N) is 2. The number of carboxylic acids is 1. The molecule has 0 bridgehead atoms. The number of aromatic nitrogens is 2. The minimum Gasteiger partial charge on any atom is -0.480 e. The van der Waals surface area contributed by atoms with Crippen molar-refractivity contribution in [2.24, 2.45) is 7.05 Å². The zero-order valence-corrected chi connectivity index (χ0v) is 8.81. The lowest BCUT2D eigenvalue weighted by Crippen LogP contribution is -2.38. The first-order chi connectivity index (χ1) is 6.91. The normalized spacial score (nSPS) is 12.2. The van der Waals surface area contributed by atoms with Gasteiger partial charge in [0.2, 0.25) is 0 Å². The van der Waals surface area contributed by atoms with Gasteiger partial charge in [0.15, 0.2) is 5.69 Å². The molecule has 15 heavy (non-hydrogen) atoms. The van der Waals surface area contributed by atoms with E-state index in [0.717, 1.165) is 0 Å². The highest BCUT2D eigenvalue weighted by molar-refractivity contribution is 5.95. The number of nitrogens with one attached hydrogen (secondary N) is 1. The first kappa shape index (κ1) is 11.2. The topological polar surface area (TPSA) is 84.2 Å². The van der Waals surface area contributed by atoms with Gasteiger partial charge in [-0.25, -0.2) is 0 Å². The summed E-state index contributed by atoms with van der Waals surface area (Å²) < 4.78 is 1.51. The van der Waals surface area contributed by atoms with Crippen molar-refractivity contribution in [3.8, 4) is 0 Å². The third-order valence-electron chi connectivity index (χ3n) is 1.94. The van der Waals surface area contributed by atoms with Gasteiger partial charge in [0.25, 0.3) is 5.91 Å². The second kappa shape index (κ2) is 4.12. The molecule has 1 aromatic rings. The molecule has 1 atom stereocenters. The van der Waals surface area contributed by atoms with Crippen LogP contribution in [0.25, 0.3) is 0 Å². The van der Waals surface area contributed by atoms with Gasteiger partial charge < -0.3 is 10.4 Å². The van der Waals surface area contributed by atoms with Crippen molar-refractivity contribution in [2.75, 3.05) is 0 Å².